The van der Waals surface area contributed by atoms with Crippen LogP contribution in [0.15, 0.2) is 24.5 Å². The van der Waals surface area contributed by atoms with Gasteiger partial charge in [0.05, 0.1) is 0 Å². The number of pyridine rings is 1. The monoisotopic (exact) mass is 273 g/mol. The highest BCUT2D eigenvalue weighted by Gasteiger charge is 2.32. The van der Waals surface area contributed by atoms with Crippen LogP contribution in [0.4, 0.5) is 0 Å². The topological polar surface area (TPSA) is 28.2 Å². The largest absolute Gasteiger partial charge is 0.311 e. The Hall–Kier alpha value is -0.930. The van der Waals surface area contributed by atoms with E-state index < -0.39 is 0 Å². The SMILES string of the molecule is c1cncc(CNCCN2CCCC3CCCCC32)c1. The van der Waals surface area contributed by atoms with E-state index in [4.69, 9.17) is 0 Å². The molecule has 2 heterocycles. The highest BCUT2D eigenvalue weighted by Crippen LogP contribution is 2.34. The van der Waals surface area contributed by atoms with Crippen LogP contribution in [0.1, 0.15) is 44.1 Å². The maximum absolute atomic E-state index is 4.16. The maximum Gasteiger partial charge on any atom is 0.0312 e. The number of likely N-dealkylation sites (tertiary alicyclic amines) is 1. The molecule has 2 unspecified atom stereocenters. The van der Waals surface area contributed by atoms with E-state index in [9.17, 15) is 0 Å². The van der Waals surface area contributed by atoms with Crippen molar-refractivity contribution in [3.63, 3.8) is 0 Å². The second-order valence-electron chi connectivity index (χ2n) is 6.33. The minimum absolute atomic E-state index is 0.887. The van der Waals surface area contributed by atoms with E-state index in [1.54, 1.807) is 0 Å². The van der Waals surface area contributed by atoms with Gasteiger partial charge >= 0.3 is 0 Å². The van der Waals surface area contributed by atoms with Crippen molar-refractivity contribution in [2.24, 2.45) is 5.92 Å². The van der Waals surface area contributed by atoms with E-state index >= 15 is 0 Å². The molecule has 2 fully saturated rings. The molecular formula is C17H27N3. The summed E-state index contributed by atoms with van der Waals surface area (Å²) < 4.78 is 0. The van der Waals surface area contributed by atoms with Crippen LogP contribution in [0.3, 0.4) is 0 Å². The van der Waals surface area contributed by atoms with Gasteiger partial charge in [0, 0.05) is 38.1 Å². The standard InChI is InChI=1S/C17H27N3/c1-2-8-17-16(6-1)7-4-11-20(17)12-10-19-14-15-5-3-9-18-13-15/h3,5,9,13,16-17,19H,1-2,4,6-8,10-12,14H2. The Balaban J connectivity index is 1.41. The molecule has 0 bridgehead atoms. The summed E-state index contributed by atoms with van der Waals surface area (Å²) in [5.74, 6) is 0.996. The molecule has 1 saturated carbocycles. The lowest BCUT2D eigenvalue weighted by Crippen LogP contribution is -2.48. The molecule has 2 atom stereocenters. The van der Waals surface area contributed by atoms with Crippen molar-refractivity contribution in [1.29, 1.82) is 0 Å². The Bertz CT molecular complexity index is 390. The second kappa shape index (κ2) is 7.19. The number of piperidine rings is 1. The van der Waals surface area contributed by atoms with Crippen molar-refractivity contribution >= 4 is 0 Å². The van der Waals surface area contributed by atoms with Gasteiger partial charge in [0.2, 0.25) is 0 Å². The average molecular weight is 273 g/mol. The summed E-state index contributed by atoms with van der Waals surface area (Å²) in [5, 5.41) is 3.56. The molecule has 2 aliphatic rings. The molecular weight excluding hydrogens is 246 g/mol. The minimum atomic E-state index is 0.887. The van der Waals surface area contributed by atoms with Crippen LogP contribution in [0, 0.1) is 5.92 Å². The van der Waals surface area contributed by atoms with E-state index in [1.807, 2.05) is 18.5 Å². The number of hydrogen-bond donors (Lipinski definition) is 1. The molecule has 3 heteroatoms. The summed E-state index contributed by atoms with van der Waals surface area (Å²) in [6.45, 7) is 4.56. The van der Waals surface area contributed by atoms with Crippen LogP contribution in [0.2, 0.25) is 0 Å². The van der Waals surface area contributed by atoms with E-state index in [2.05, 4.69) is 21.3 Å². The van der Waals surface area contributed by atoms with Gasteiger partial charge in [-0.2, -0.15) is 0 Å². The van der Waals surface area contributed by atoms with Crippen molar-refractivity contribution in [2.75, 3.05) is 19.6 Å². The summed E-state index contributed by atoms with van der Waals surface area (Å²) in [5.41, 5.74) is 1.28. The number of nitrogens with one attached hydrogen (secondary N) is 1. The first-order valence-electron chi connectivity index (χ1n) is 8.27. The lowest BCUT2D eigenvalue weighted by Gasteiger charge is -2.44. The van der Waals surface area contributed by atoms with Crippen LogP contribution in [0.25, 0.3) is 0 Å². The molecule has 0 radical (unpaired) electrons. The molecule has 1 aliphatic carbocycles. The number of fused-ring (bicyclic) bond motifs is 1. The smallest absolute Gasteiger partial charge is 0.0312 e. The predicted molar refractivity (Wildman–Crippen MR) is 82.5 cm³/mol. The number of rotatable bonds is 5. The van der Waals surface area contributed by atoms with Gasteiger partial charge in [0.1, 0.15) is 0 Å². The molecule has 3 rings (SSSR count). The Morgan fingerprint density at radius 1 is 1.20 bits per heavy atom. The Kier molecular flexibility index (Phi) is 5.04. The first-order chi connectivity index (χ1) is 9.93. The summed E-state index contributed by atoms with van der Waals surface area (Å²) in [6.07, 6.45) is 12.5. The highest BCUT2D eigenvalue weighted by atomic mass is 15.2. The molecule has 0 aromatic carbocycles. The minimum Gasteiger partial charge on any atom is -0.311 e. The average Bonchev–Trinajstić information content (AvgIpc) is 2.53. The lowest BCUT2D eigenvalue weighted by atomic mass is 9.78. The van der Waals surface area contributed by atoms with E-state index in [0.29, 0.717) is 0 Å². The molecule has 0 amide bonds. The zero-order chi connectivity index (χ0) is 13.6. The summed E-state index contributed by atoms with van der Waals surface area (Å²) in [6, 6.07) is 5.03. The molecule has 20 heavy (non-hydrogen) atoms. The van der Waals surface area contributed by atoms with E-state index in [-0.39, 0.29) is 0 Å². The van der Waals surface area contributed by atoms with Crippen LogP contribution in [-0.4, -0.2) is 35.6 Å². The third kappa shape index (κ3) is 3.58. The first-order valence-corrected chi connectivity index (χ1v) is 8.27. The number of nitrogens with zero attached hydrogens (tertiary/aromatic N) is 2. The molecule has 3 nitrogen and oxygen atoms in total. The molecule has 0 spiro atoms. The third-order valence-corrected chi connectivity index (χ3v) is 4.99. The second-order valence-corrected chi connectivity index (χ2v) is 6.33. The number of aromatic nitrogens is 1. The van der Waals surface area contributed by atoms with Crippen molar-refractivity contribution < 1.29 is 0 Å². The fraction of sp³-hybridized carbons (Fsp3) is 0.706. The van der Waals surface area contributed by atoms with E-state index in [0.717, 1.165) is 25.0 Å². The zero-order valence-corrected chi connectivity index (χ0v) is 12.4. The van der Waals surface area contributed by atoms with Gasteiger partial charge < -0.3 is 5.32 Å². The van der Waals surface area contributed by atoms with Gasteiger partial charge in [-0.25, -0.2) is 0 Å². The highest BCUT2D eigenvalue weighted by molar-refractivity contribution is 5.07. The molecule has 1 aromatic rings. The van der Waals surface area contributed by atoms with Crippen LogP contribution in [0.5, 0.6) is 0 Å². The fourth-order valence-electron chi connectivity index (χ4n) is 3.96. The predicted octanol–water partition coefficient (Wildman–Crippen LogP) is 2.83. The summed E-state index contributed by atoms with van der Waals surface area (Å²) >= 11 is 0. The third-order valence-electron chi connectivity index (χ3n) is 4.99. The Morgan fingerprint density at radius 2 is 2.10 bits per heavy atom. The summed E-state index contributed by atoms with van der Waals surface area (Å²) in [4.78, 5) is 6.91. The van der Waals surface area contributed by atoms with Gasteiger partial charge in [-0.15, -0.1) is 0 Å². The van der Waals surface area contributed by atoms with Crippen LogP contribution in [-0.2, 0) is 6.54 Å². The van der Waals surface area contributed by atoms with Crippen molar-refractivity contribution in [3.8, 4) is 0 Å². The maximum atomic E-state index is 4.16. The quantitative estimate of drug-likeness (QED) is 0.836. The van der Waals surface area contributed by atoms with Crippen molar-refractivity contribution in [1.82, 2.24) is 15.2 Å². The first kappa shape index (κ1) is 14.0. The van der Waals surface area contributed by atoms with Gasteiger partial charge in [0.15, 0.2) is 0 Å². The van der Waals surface area contributed by atoms with Crippen molar-refractivity contribution in [3.05, 3.63) is 30.1 Å². The van der Waals surface area contributed by atoms with Gasteiger partial charge in [0.25, 0.3) is 0 Å². The molecule has 1 N–H and O–H groups in total. The molecule has 1 aliphatic heterocycles. The molecule has 110 valence electrons. The number of hydrogen-bond acceptors (Lipinski definition) is 3. The molecule has 1 aromatic heterocycles. The Morgan fingerprint density at radius 3 is 3.00 bits per heavy atom. The van der Waals surface area contributed by atoms with Crippen molar-refractivity contribution in [2.45, 2.75) is 51.1 Å². The van der Waals surface area contributed by atoms with Gasteiger partial charge in [-0.1, -0.05) is 18.9 Å². The summed E-state index contributed by atoms with van der Waals surface area (Å²) in [7, 11) is 0. The zero-order valence-electron chi connectivity index (χ0n) is 12.4. The van der Waals surface area contributed by atoms with Crippen LogP contribution < -0.4 is 5.32 Å². The van der Waals surface area contributed by atoms with Gasteiger partial charge in [-0.05, 0) is 49.8 Å². The van der Waals surface area contributed by atoms with Crippen LogP contribution >= 0.6 is 0 Å². The lowest BCUT2D eigenvalue weighted by molar-refractivity contribution is 0.0618. The van der Waals surface area contributed by atoms with Gasteiger partial charge in [-0.3, -0.25) is 9.88 Å². The molecule has 1 saturated heterocycles. The van der Waals surface area contributed by atoms with E-state index in [1.165, 1.54) is 57.2 Å². The normalized spacial score (nSPS) is 27.2. The Labute approximate surface area is 122 Å². The fourth-order valence-corrected chi connectivity index (χ4v) is 3.96.